The molecular weight excluding hydrogens is 202 g/mol. The number of hydrogen-bond donors (Lipinski definition) is 3. The second-order valence-electron chi connectivity index (χ2n) is 2.81. The van der Waals surface area contributed by atoms with Crippen LogP contribution in [0.1, 0.15) is 10.4 Å². The van der Waals surface area contributed by atoms with Gasteiger partial charge in [0.05, 0.1) is 18.4 Å². The molecule has 1 atom stereocenters. The van der Waals surface area contributed by atoms with E-state index in [2.05, 4.69) is 20.3 Å². The minimum Gasteiger partial charge on any atom is -0.480 e. The Hall–Kier alpha value is -1.89. The van der Waals surface area contributed by atoms with E-state index in [0.717, 1.165) is 0 Å². The van der Waals surface area contributed by atoms with Crippen molar-refractivity contribution in [3.8, 4) is 0 Å². The van der Waals surface area contributed by atoms with Crippen LogP contribution in [0.5, 0.6) is 0 Å². The van der Waals surface area contributed by atoms with Crippen molar-refractivity contribution in [3.05, 3.63) is 18.0 Å². The summed E-state index contributed by atoms with van der Waals surface area (Å²) in [4.78, 5) is 22.1. The SMILES string of the molecule is COCC(NC(=O)c1cn[nH]c1)C(=O)O. The number of amides is 1. The van der Waals surface area contributed by atoms with Gasteiger partial charge in [-0.25, -0.2) is 4.79 Å². The van der Waals surface area contributed by atoms with E-state index in [0.29, 0.717) is 0 Å². The molecule has 1 unspecified atom stereocenters. The van der Waals surface area contributed by atoms with Crippen LogP contribution < -0.4 is 5.32 Å². The molecule has 0 radical (unpaired) electrons. The van der Waals surface area contributed by atoms with Crippen molar-refractivity contribution in [2.45, 2.75) is 6.04 Å². The molecule has 0 aromatic carbocycles. The molecule has 0 spiro atoms. The van der Waals surface area contributed by atoms with E-state index in [4.69, 9.17) is 5.11 Å². The fraction of sp³-hybridized carbons (Fsp3) is 0.375. The van der Waals surface area contributed by atoms with Crippen LogP contribution in [0.2, 0.25) is 0 Å². The van der Waals surface area contributed by atoms with Gasteiger partial charge in [0.25, 0.3) is 5.91 Å². The zero-order valence-electron chi connectivity index (χ0n) is 8.06. The monoisotopic (exact) mass is 213 g/mol. The number of aromatic amines is 1. The van der Waals surface area contributed by atoms with Crippen LogP contribution >= 0.6 is 0 Å². The smallest absolute Gasteiger partial charge is 0.328 e. The van der Waals surface area contributed by atoms with E-state index >= 15 is 0 Å². The van der Waals surface area contributed by atoms with E-state index in [-0.39, 0.29) is 12.2 Å². The maximum atomic E-state index is 11.4. The predicted octanol–water partition coefficient (Wildman–Crippen LogP) is -0.761. The summed E-state index contributed by atoms with van der Waals surface area (Å²) in [5, 5.41) is 17.1. The molecular formula is C8H11N3O4. The minimum absolute atomic E-state index is 0.0844. The normalized spacial score (nSPS) is 12.1. The molecule has 0 bridgehead atoms. The van der Waals surface area contributed by atoms with Gasteiger partial charge in [-0.15, -0.1) is 0 Å². The lowest BCUT2D eigenvalue weighted by Crippen LogP contribution is -2.43. The highest BCUT2D eigenvalue weighted by Gasteiger charge is 2.20. The molecule has 82 valence electrons. The standard InChI is InChI=1S/C8H11N3O4/c1-15-4-6(8(13)14)11-7(12)5-2-9-10-3-5/h2-3,6H,4H2,1H3,(H,9,10)(H,11,12)(H,13,14). The van der Waals surface area contributed by atoms with Crippen LogP contribution in [0.25, 0.3) is 0 Å². The lowest BCUT2D eigenvalue weighted by atomic mass is 10.2. The number of nitrogens with zero attached hydrogens (tertiary/aromatic N) is 1. The van der Waals surface area contributed by atoms with Crippen molar-refractivity contribution in [3.63, 3.8) is 0 Å². The van der Waals surface area contributed by atoms with Gasteiger partial charge >= 0.3 is 5.97 Å². The minimum atomic E-state index is -1.14. The molecule has 1 aromatic rings. The first-order valence-electron chi connectivity index (χ1n) is 4.16. The topological polar surface area (TPSA) is 104 Å². The summed E-state index contributed by atoms with van der Waals surface area (Å²) in [6.45, 7) is -0.0844. The van der Waals surface area contributed by atoms with Crippen molar-refractivity contribution in [2.75, 3.05) is 13.7 Å². The summed E-state index contributed by atoms with van der Waals surface area (Å²) in [6.07, 6.45) is 2.68. The van der Waals surface area contributed by atoms with Crippen molar-refractivity contribution < 1.29 is 19.4 Å². The van der Waals surface area contributed by atoms with Crippen LogP contribution in [-0.4, -0.2) is 46.9 Å². The Morgan fingerprint density at radius 1 is 1.73 bits per heavy atom. The van der Waals surface area contributed by atoms with Gasteiger partial charge in [0, 0.05) is 13.3 Å². The molecule has 1 aromatic heterocycles. The number of aromatic nitrogens is 2. The summed E-state index contributed by atoms with van der Waals surface area (Å²) in [5.41, 5.74) is 0.275. The summed E-state index contributed by atoms with van der Waals surface area (Å²) < 4.78 is 4.66. The van der Waals surface area contributed by atoms with E-state index < -0.39 is 17.9 Å². The number of ether oxygens (including phenoxy) is 1. The van der Waals surface area contributed by atoms with Crippen LogP contribution in [0.3, 0.4) is 0 Å². The van der Waals surface area contributed by atoms with Crippen LogP contribution in [0.15, 0.2) is 12.4 Å². The van der Waals surface area contributed by atoms with Gasteiger partial charge in [-0.3, -0.25) is 9.89 Å². The number of nitrogens with one attached hydrogen (secondary N) is 2. The van der Waals surface area contributed by atoms with Gasteiger partial charge in [0.2, 0.25) is 0 Å². The molecule has 1 amide bonds. The zero-order valence-corrected chi connectivity index (χ0v) is 8.06. The molecule has 7 heteroatoms. The van der Waals surface area contributed by atoms with Crippen molar-refractivity contribution >= 4 is 11.9 Å². The Labute approximate surface area is 85.4 Å². The molecule has 0 saturated carbocycles. The molecule has 0 aliphatic rings. The largest absolute Gasteiger partial charge is 0.480 e. The highest BCUT2D eigenvalue weighted by atomic mass is 16.5. The summed E-state index contributed by atoms with van der Waals surface area (Å²) in [5.74, 6) is -1.65. The molecule has 0 aliphatic heterocycles. The fourth-order valence-corrected chi connectivity index (χ4v) is 0.958. The Bertz CT molecular complexity index is 336. The fourth-order valence-electron chi connectivity index (χ4n) is 0.958. The van der Waals surface area contributed by atoms with E-state index in [1.807, 2.05) is 0 Å². The first kappa shape index (κ1) is 11.2. The third-order valence-corrected chi connectivity index (χ3v) is 1.70. The van der Waals surface area contributed by atoms with Gasteiger partial charge < -0.3 is 15.2 Å². The maximum absolute atomic E-state index is 11.4. The van der Waals surface area contributed by atoms with Gasteiger partial charge in [-0.1, -0.05) is 0 Å². The second kappa shape index (κ2) is 5.11. The first-order valence-corrected chi connectivity index (χ1v) is 4.16. The number of H-pyrrole nitrogens is 1. The van der Waals surface area contributed by atoms with E-state index in [9.17, 15) is 9.59 Å². The lowest BCUT2D eigenvalue weighted by molar-refractivity contribution is -0.140. The second-order valence-corrected chi connectivity index (χ2v) is 2.81. The van der Waals surface area contributed by atoms with Gasteiger partial charge in [0.15, 0.2) is 6.04 Å². The van der Waals surface area contributed by atoms with Crippen LogP contribution in [0.4, 0.5) is 0 Å². The van der Waals surface area contributed by atoms with E-state index in [1.165, 1.54) is 19.5 Å². The van der Waals surface area contributed by atoms with E-state index in [1.54, 1.807) is 0 Å². The number of carbonyl (C=O) groups is 2. The molecule has 0 saturated heterocycles. The van der Waals surface area contributed by atoms with Crippen LogP contribution in [0, 0.1) is 0 Å². The Morgan fingerprint density at radius 3 is 2.93 bits per heavy atom. The van der Waals surface area contributed by atoms with Crippen LogP contribution in [-0.2, 0) is 9.53 Å². The number of carboxylic acid groups (broad SMARTS) is 1. The molecule has 0 fully saturated rings. The number of carbonyl (C=O) groups excluding carboxylic acids is 1. The Balaban J connectivity index is 2.59. The average molecular weight is 213 g/mol. The quantitative estimate of drug-likeness (QED) is 0.596. The number of aliphatic carboxylic acids is 1. The lowest BCUT2D eigenvalue weighted by Gasteiger charge is -2.12. The number of hydrogen-bond acceptors (Lipinski definition) is 4. The van der Waals surface area contributed by atoms with Gasteiger partial charge in [0.1, 0.15) is 0 Å². The Morgan fingerprint density at radius 2 is 2.47 bits per heavy atom. The number of carboxylic acids is 1. The molecule has 3 N–H and O–H groups in total. The maximum Gasteiger partial charge on any atom is 0.328 e. The molecule has 15 heavy (non-hydrogen) atoms. The highest BCUT2D eigenvalue weighted by molar-refractivity contribution is 5.96. The van der Waals surface area contributed by atoms with Crippen molar-refractivity contribution in [1.82, 2.24) is 15.5 Å². The molecule has 1 heterocycles. The van der Waals surface area contributed by atoms with Crippen molar-refractivity contribution in [2.24, 2.45) is 0 Å². The molecule has 0 aliphatic carbocycles. The summed E-state index contributed by atoms with van der Waals surface area (Å²) in [6, 6.07) is -1.06. The molecule has 1 rings (SSSR count). The van der Waals surface area contributed by atoms with Crippen molar-refractivity contribution in [1.29, 1.82) is 0 Å². The third kappa shape index (κ3) is 3.06. The third-order valence-electron chi connectivity index (χ3n) is 1.70. The van der Waals surface area contributed by atoms with Gasteiger partial charge in [-0.05, 0) is 0 Å². The Kier molecular flexibility index (Phi) is 3.81. The molecule has 7 nitrogen and oxygen atoms in total. The average Bonchev–Trinajstić information content (AvgIpc) is 2.69. The number of methoxy groups -OCH3 is 1. The summed E-state index contributed by atoms with van der Waals surface area (Å²) in [7, 11) is 1.36. The predicted molar refractivity (Wildman–Crippen MR) is 49.4 cm³/mol. The highest BCUT2D eigenvalue weighted by Crippen LogP contribution is 1.95. The zero-order chi connectivity index (χ0) is 11.3. The summed E-state index contributed by atoms with van der Waals surface area (Å²) >= 11 is 0. The number of rotatable bonds is 5. The van der Waals surface area contributed by atoms with Gasteiger partial charge in [-0.2, -0.15) is 5.10 Å². The first-order chi connectivity index (χ1) is 7.15.